The van der Waals surface area contributed by atoms with Crippen molar-refractivity contribution >= 4 is 41.9 Å². The molecule has 0 saturated carbocycles. The van der Waals surface area contributed by atoms with Crippen LogP contribution in [0, 0.1) is 5.92 Å². The van der Waals surface area contributed by atoms with Crippen LogP contribution in [-0.4, -0.2) is 67.7 Å². The third-order valence-electron chi connectivity index (χ3n) is 5.12. The van der Waals surface area contributed by atoms with Crippen molar-refractivity contribution in [2.75, 3.05) is 33.8 Å². The quantitative estimate of drug-likeness (QED) is 0.248. The maximum Gasteiger partial charge on any atom is 0.322 e. The predicted octanol–water partition coefficient (Wildman–Crippen LogP) is 0.915. The summed E-state index contributed by atoms with van der Waals surface area (Å²) in [4.78, 5) is 30.0. The van der Waals surface area contributed by atoms with Gasteiger partial charge in [0, 0.05) is 33.8 Å². The Morgan fingerprint density at radius 3 is 2.44 bits per heavy atom. The zero-order valence-electron chi connectivity index (χ0n) is 15.6. The molecular formula is C16H30IN5O3. The molecule has 0 aromatic heterocycles. The molecule has 2 heterocycles. The number of rotatable bonds is 4. The monoisotopic (exact) mass is 467 g/mol. The smallest absolute Gasteiger partial charge is 0.322 e. The number of hydrogen-bond donors (Lipinski definition) is 3. The summed E-state index contributed by atoms with van der Waals surface area (Å²) in [5.74, 6) is 0.729. The van der Waals surface area contributed by atoms with Crippen LogP contribution in [0.15, 0.2) is 4.99 Å². The number of urea groups is 1. The third-order valence-corrected chi connectivity index (χ3v) is 5.12. The fraction of sp³-hybridized carbons (Fsp3) is 0.812. The molecule has 3 amide bonds. The lowest BCUT2D eigenvalue weighted by Crippen LogP contribution is -2.56. The van der Waals surface area contributed by atoms with E-state index in [4.69, 9.17) is 4.74 Å². The minimum Gasteiger partial charge on any atom is -0.377 e. The molecule has 2 aliphatic heterocycles. The van der Waals surface area contributed by atoms with E-state index in [1.807, 2.05) is 20.8 Å². The average Bonchev–Trinajstić information content (AvgIpc) is 2.82. The van der Waals surface area contributed by atoms with E-state index in [9.17, 15) is 9.59 Å². The van der Waals surface area contributed by atoms with Crippen LogP contribution < -0.4 is 16.0 Å². The maximum absolute atomic E-state index is 12.1. The van der Waals surface area contributed by atoms with Crippen molar-refractivity contribution in [2.24, 2.45) is 10.9 Å². The van der Waals surface area contributed by atoms with Gasteiger partial charge in [-0.3, -0.25) is 15.1 Å². The normalized spacial score (nSPS) is 25.3. The summed E-state index contributed by atoms with van der Waals surface area (Å²) < 4.78 is 5.42. The Labute approximate surface area is 166 Å². The molecule has 0 aliphatic carbocycles. The Hall–Kier alpha value is -1.10. The Bertz CT molecular complexity index is 532. The average molecular weight is 467 g/mol. The summed E-state index contributed by atoms with van der Waals surface area (Å²) in [6, 6.07) is -0.399. The van der Waals surface area contributed by atoms with Crippen LogP contribution in [0.3, 0.4) is 0 Å². The van der Waals surface area contributed by atoms with Crippen LogP contribution in [-0.2, 0) is 9.53 Å². The number of aliphatic imine (C=N–C) groups is 1. The first-order chi connectivity index (χ1) is 11.2. The van der Waals surface area contributed by atoms with Crippen LogP contribution in [0.4, 0.5) is 4.79 Å². The number of guanidine groups is 1. The summed E-state index contributed by atoms with van der Waals surface area (Å²) in [7, 11) is 3.46. The number of ether oxygens (including phenoxy) is 1. The lowest BCUT2D eigenvalue weighted by Gasteiger charge is -2.40. The van der Waals surface area contributed by atoms with Crippen LogP contribution >= 0.6 is 24.0 Å². The van der Waals surface area contributed by atoms with Gasteiger partial charge in [-0.15, -0.1) is 24.0 Å². The number of carbonyl (C=O) groups excluding carboxylic acids is 2. The summed E-state index contributed by atoms with van der Waals surface area (Å²) in [6.07, 6.45) is 1.64. The van der Waals surface area contributed by atoms with Crippen LogP contribution in [0.2, 0.25) is 0 Å². The summed E-state index contributed by atoms with van der Waals surface area (Å²) in [6.45, 7) is 8.07. The van der Waals surface area contributed by atoms with E-state index >= 15 is 0 Å². The first kappa shape index (κ1) is 21.9. The number of nitrogens with zero attached hydrogens (tertiary/aromatic N) is 2. The SMILES string of the molecule is CN=C(NCC(C)(C)OC)N1CCC(C2(C)NC(=O)NC2=O)CC1.I. The van der Waals surface area contributed by atoms with Gasteiger partial charge in [0.25, 0.3) is 5.91 Å². The number of likely N-dealkylation sites (tertiary alicyclic amines) is 1. The van der Waals surface area contributed by atoms with Crippen molar-refractivity contribution in [2.45, 2.75) is 44.8 Å². The van der Waals surface area contributed by atoms with Crippen molar-refractivity contribution in [3.63, 3.8) is 0 Å². The largest absolute Gasteiger partial charge is 0.377 e. The molecule has 2 rings (SSSR count). The van der Waals surface area contributed by atoms with Gasteiger partial charge in [-0.25, -0.2) is 4.79 Å². The highest BCUT2D eigenvalue weighted by atomic mass is 127. The Morgan fingerprint density at radius 1 is 1.40 bits per heavy atom. The van der Waals surface area contributed by atoms with Crippen molar-refractivity contribution in [1.29, 1.82) is 0 Å². The number of halogens is 1. The van der Waals surface area contributed by atoms with Gasteiger partial charge in [0.1, 0.15) is 5.54 Å². The van der Waals surface area contributed by atoms with Crippen molar-refractivity contribution in [1.82, 2.24) is 20.9 Å². The highest BCUT2D eigenvalue weighted by Gasteiger charge is 2.48. The number of carbonyl (C=O) groups is 2. The first-order valence-corrected chi connectivity index (χ1v) is 8.36. The van der Waals surface area contributed by atoms with E-state index in [0.717, 1.165) is 31.9 Å². The fourth-order valence-electron chi connectivity index (χ4n) is 3.21. The second-order valence-electron chi connectivity index (χ2n) is 7.24. The molecule has 144 valence electrons. The third kappa shape index (κ3) is 4.96. The number of imide groups is 1. The summed E-state index contributed by atoms with van der Waals surface area (Å²) >= 11 is 0. The molecular weight excluding hydrogens is 437 g/mol. The highest BCUT2D eigenvalue weighted by Crippen LogP contribution is 2.30. The number of piperidine rings is 1. The number of amides is 3. The van der Waals surface area contributed by atoms with E-state index in [0.29, 0.717) is 6.54 Å². The molecule has 1 unspecified atom stereocenters. The van der Waals surface area contributed by atoms with E-state index in [1.54, 1.807) is 14.2 Å². The number of hydrogen-bond acceptors (Lipinski definition) is 4. The van der Waals surface area contributed by atoms with Crippen molar-refractivity contribution < 1.29 is 14.3 Å². The van der Waals surface area contributed by atoms with Crippen LogP contribution in [0.25, 0.3) is 0 Å². The Balaban J connectivity index is 0.00000312. The molecule has 0 aromatic carbocycles. The molecule has 0 spiro atoms. The van der Waals surface area contributed by atoms with Crippen LogP contribution in [0.5, 0.6) is 0 Å². The van der Waals surface area contributed by atoms with E-state index in [-0.39, 0.29) is 41.4 Å². The van der Waals surface area contributed by atoms with Gasteiger partial charge in [0.15, 0.2) is 5.96 Å². The second kappa shape index (κ2) is 8.52. The molecule has 3 N–H and O–H groups in total. The predicted molar refractivity (Wildman–Crippen MR) is 107 cm³/mol. The number of methoxy groups -OCH3 is 1. The maximum atomic E-state index is 12.1. The van der Waals surface area contributed by atoms with Crippen molar-refractivity contribution in [3.8, 4) is 0 Å². The Kier molecular flexibility index (Phi) is 7.48. The molecule has 9 heteroatoms. The molecule has 25 heavy (non-hydrogen) atoms. The standard InChI is InChI=1S/C16H29N5O3.HI/c1-15(2,24-5)10-18-13(17-4)21-8-6-11(7-9-21)16(3)12(22)19-14(23)20-16;/h11H,6-10H2,1-5H3,(H,17,18)(H2,19,20,22,23);1H. The topological polar surface area (TPSA) is 95.1 Å². The lowest BCUT2D eigenvalue weighted by molar-refractivity contribution is -0.125. The zero-order chi connectivity index (χ0) is 18.0. The molecule has 0 aromatic rings. The summed E-state index contributed by atoms with van der Waals surface area (Å²) in [5, 5.41) is 8.46. The van der Waals surface area contributed by atoms with Crippen molar-refractivity contribution in [3.05, 3.63) is 0 Å². The van der Waals surface area contributed by atoms with Gasteiger partial charge >= 0.3 is 6.03 Å². The van der Waals surface area contributed by atoms with Crippen LogP contribution in [0.1, 0.15) is 33.6 Å². The van der Waals surface area contributed by atoms with Gasteiger partial charge in [-0.05, 0) is 39.5 Å². The molecule has 0 radical (unpaired) electrons. The van der Waals surface area contributed by atoms with E-state index in [1.165, 1.54) is 0 Å². The molecule has 0 bridgehead atoms. The minimum atomic E-state index is -0.807. The van der Waals surface area contributed by atoms with Gasteiger partial charge in [-0.1, -0.05) is 0 Å². The molecule has 1 atom stereocenters. The summed E-state index contributed by atoms with van der Waals surface area (Å²) in [5.41, 5.74) is -1.08. The highest BCUT2D eigenvalue weighted by molar-refractivity contribution is 14.0. The van der Waals surface area contributed by atoms with Gasteiger partial charge in [0.05, 0.1) is 5.60 Å². The molecule has 8 nitrogen and oxygen atoms in total. The second-order valence-corrected chi connectivity index (χ2v) is 7.24. The minimum absolute atomic E-state index is 0. The first-order valence-electron chi connectivity index (χ1n) is 8.36. The van der Waals surface area contributed by atoms with Gasteiger partial charge in [0.2, 0.25) is 0 Å². The molecule has 2 aliphatic rings. The Morgan fingerprint density at radius 2 is 2.00 bits per heavy atom. The van der Waals surface area contributed by atoms with Gasteiger partial charge < -0.3 is 20.3 Å². The number of nitrogens with one attached hydrogen (secondary N) is 3. The molecule has 2 saturated heterocycles. The van der Waals surface area contributed by atoms with Gasteiger partial charge in [-0.2, -0.15) is 0 Å². The fourth-order valence-corrected chi connectivity index (χ4v) is 3.21. The van der Waals surface area contributed by atoms with E-state index < -0.39 is 11.6 Å². The molecule has 2 fully saturated rings. The zero-order valence-corrected chi connectivity index (χ0v) is 18.0. The van der Waals surface area contributed by atoms with E-state index in [2.05, 4.69) is 25.8 Å². The lowest BCUT2D eigenvalue weighted by atomic mass is 9.79.